The maximum absolute atomic E-state index is 13.2. The van der Waals surface area contributed by atoms with Crippen molar-refractivity contribution in [1.82, 2.24) is 9.80 Å². The highest BCUT2D eigenvalue weighted by Gasteiger charge is 2.23. The second-order valence-corrected chi connectivity index (χ2v) is 9.62. The van der Waals surface area contributed by atoms with Gasteiger partial charge in [0.1, 0.15) is 5.82 Å². The summed E-state index contributed by atoms with van der Waals surface area (Å²) in [7, 11) is -3.15. The Morgan fingerprint density at radius 3 is 2.46 bits per heavy atom. The van der Waals surface area contributed by atoms with Crippen molar-refractivity contribution in [3.05, 3.63) is 70.0 Å². The molecule has 0 spiro atoms. The van der Waals surface area contributed by atoms with Crippen molar-refractivity contribution in [1.29, 1.82) is 0 Å². The van der Waals surface area contributed by atoms with E-state index in [9.17, 15) is 17.6 Å². The summed E-state index contributed by atoms with van der Waals surface area (Å²) >= 11 is 6.09. The summed E-state index contributed by atoms with van der Waals surface area (Å²) in [5.74, 6) is -0.544. The molecule has 0 N–H and O–H groups in total. The van der Waals surface area contributed by atoms with Crippen molar-refractivity contribution in [2.75, 3.05) is 32.4 Å². The quantitative estimate of drug-likeness (QED) is 0.740. The number of hydrogen-bond donors (Lipinski definition) is 0. The van der Waals surface area contributed by atoms with Gasteiger partial charge in [-0.05, 0) is 35.4 Å². The molecule has 1 amide bonds. The minimum absolute atomic E-state index is 0.0830. The third-order valence-electron chi connectivity index (χ3n) is 4.67. The highest BCUT2D eigenvalue weighted by Crippen LogP contribution is 2.20. The second kappa shape index (κ2) is 8.59. The zero-order valence-corrected chi connectivity index (χ0v) is 17.1. The maximum Gasteiger partial charge on any atom is 0.253 e. The molecule has 1 saturated heterocycles. The van der Waals surface area contributed by atoms with Crippen LogP contribution in [-0.2, 0) is 22.1 Å². The Morgan fingerprint density at radius 1 is 1.11 bits per heavy atom. The second-order valence-electron chi connectivity index (χ2n) is 7.07. The lowest BCUT2D eigenvalue weighted by molar-refractivity contribution is 0.0628. The van der Waals surface area contributed by atoms with E-state index in [1.54, 1.807) is 35.2 Å². The van der Waals surface area contributed by atoms with Crippen LogP contribution in [0.1, 0.15) is 21.5 Å². The summed E-state index contributed by atoms with van der Waals surface area (Å²) < 4.78 is 36.1. The smallest absolute Gasteiger partial charge is 0.253 e. The molecule has 5 nitrogen and oxygen atoms in total. The van der Waals surface area contributed by atoms with Crippen LogP contribution in [0, 0.1) is 5.82 Å². The first-order chi connectivity index (χ1) is 13.2. The molecule has 28 heavy (non-hydrogen) atoms. The van der Waals surface area contributed by atoms with Crippen LogP contribution >= 0.6 is 11.6 Å². The van der Waals surface area contributed by atoms with Crippen LogP contribution in [0.3, 0.4) is 0 Å². The minimum atomic E-state index is -3.15. The molecule has 0 unspecified atom stereocenters. The number of carbonyl (C=O) groups is 1. The molecule has 0 radical (unpaired) electrons. The van der Waals surface area contributed by atoms with E-state index in [4.69, 9.17) is 11.6 Å². The number of rotatable bonds is 5. The van der Waals surface area contributed by atoms with Crippen molar-refractivity contribution in [3.63, 3.8) is 0 Å². The number of nitrogens with zero attached hydrogens (tertiary/aromatic N) is 2. The van der Waals surface area contributed by atoms with Gasteiger partial charge in [-0.2, -0.15) is 0 Å². The summed E-state index contributed by atoms with van der Waals surface area (Å²) in [6.07, 6.45) is 1.17. The van der Waals surface area contributed by atoms with Crippen LogP contribution in [0.15, 0.2) is 42.5 Å². The van der Waals surface area contributed by atoms with E-state index < -0.39 is 9.84 Å². The van der Waals surface area contributed by atoms with E-state index in [0.29, 0.717) is 48.9 Å². The fraction of sp³-hybridized carbons (Fsp3) is 0.350. The number of sulfone groups is 1. The van der Waals surface area contributed by atoms with Crippen LogP contribution in [0.2, 0.25) is 5.02 Å². The van der Waals surface area contributed by atoms with Crippen LogP contribution in [0.25, 0.3) is 0 Å². The molecular weight excluding hydrogens is 403 g/mol. The lowest BCUT2D eigenvalue weighted by atomic mass is 10.1. The Morgan fingerprint density at radius 2 is 1.82 bits per heavy atom. The molecule has 8 heteroatoms. The zero-order valence-electron chi connectivity index (χ0n) is 15.6. The topological polar surface area (TPSA) is 57.7 Å². The van der Waals surface area contributed by atoms with Crippen molar-refractivity contribution >= 4 is 27.3 Å². The zero-order chi connectivity index (χ0) is 20.3. The Labute approximate surface area is 169 Å². The highest BCUT2D eigenvalue weighted by molar-refractivity contribution is 7.89. The molecule has 1 aliphatic rings. The van der Waals surface area contributed by atoms with Gasteiger partial charge in [-0.3, -0.25) is 9.69 Å². The van der Waals surface area contributed by atoms with Crippen molar-refractivity contribution in [2.24, 2.45) is 0 Å². The highest BCUT2D eigenvalue weighted by atomic mass is 35.5. The number of piperazine rings is 1. The van der Waals surface area contributed by atoms with E-state index >= 15 is 0 Å². The van der Waals surface area contributed by atoms with Crippen LogP contribution in [-0.4, -0.2) is 56.6 Å². The van der Waals surface area contributed by atoms with Gasteiger partial charge in [-0.1, -0.05) is 29.8 Å². The average Bonchev–Trinajstić information content (AvgIpc) is 2.63. The standard InChI is InChI=1S/C20H22ClFN2O3S/c1-28(26,27)14-15-3-2-4-16(11-15)20(25)24-9-7-23(8-10-24)13-17-5-6-18(22)12-19(17)21/h2-6,11-12H,7-10,13-14H2,1H3. The van der Waals surface area contributed by atoms with Gasteiger partial charge in [0.15, 0.2) is 9.84 Å². The molecule has 2 aromatic rings. The first kappa shape index (κ1) is 20.8. The van der Waals surface area contributed by atoms with Gasteiger partial charge >= 0.3 is 0 Å². The largest absolute Gasteiger partial charge is 0.336 e. The first-order valence-corrected chi connectivity index (χ1v) is 11.4. The molecule has 3 rings (SSSR count). The van der Waals surface area contributed by atoms with Crippen LogP contribution in [0.5, 0.6) is 0 Å². The van der Waals surface area contributed by atoms with Gasteiger partial charge in [0.2, 0.25) is 0 Å². The van der Waals surface area contributed by atoms with E-state index in [1.165, 1.54) is 18.4 Å². The number of benzene rings is 2. The van der Waals surface area contributed by atoms with Crippen LogP contribution in [0.4, 0.5) is 4.39 Å². The molecule has 150 valence electrons. The summed E-state index contributed by atoms with van der Waals surface area (Å²) in [6, 6.07) is 11.2. The number of hydrogen-bond acceptors (Lipinski definition) is 4. The summed E-state index contributed by atoms with van der Waals surface area (Å²) in [6.45, 7) is 3.10. The first-order valence-electron chi connectivity index (χ1n) is 8.93. The van der Waals surface area contributed by atoms with Gasteiger partial charge in [0.05, 0.1) is 5.75 Å². The lowest BCUT2D eigenvalue weighted by Crippen LogP contribution is -2.48. The van der Waals surface area contributed by atoms with Gasteiger partial charge in [0.25, 0.3) is 5.91 Å². The maximum atomic E-state index is 13.2. The summed E-state index contributed by atoms with van der Waals surface area (Å²) in [5, 5.41) is 0.404. The third kappa shape index (κ3) is 5.53. The molecule has 0 saturated carbocycles. The van der Waals surface area contributed by atoms with E-state index in [2.05, 4.69) is 4.90 Å². The number of amides is 1. The molecule has 0 aliphatic carbocycles. The van der Waals surface area contributed by atoms with E-state index in [-0.39, 0.29) is 17.5 Å². The number of halogens is 2. The normalized spacial score (nSPS) is 15.6. The van der Waals surface area contributed by atoms with Crippen molar-refractivity contribution in [3.8, 4) is 0 Å². The van der Waals surface area contributed by atoms with Gasteiger partial charge in [-0.15, -0.1) is 0 Å². The predicted molar refractivity (Wildman–Crippen MR) is 108 cm³/mol. The molecule has 0 aromatic heterocycles. The van der Waals surface area contributed by atoms with Crippen molar-refractivity contribution in [2.45, 2.75) is 12.3 Å². The van der Waals surface area contributed by atoms with Crippen LogP contribution < -0.4 is 0 Å². The van der Waals surface area contributed by atoms with Gasteiger partial charge in [0, 0.05) is 49.6 Å². The van der Waals surface area contributed by atoms with E-state index in [0.717, 1.165) is 5.56 Å². The fourth-order valence-electron chi connectivity index (χ4n) is 3.28. The minimum Gasteiger partial charge on any atom is -0.336 e. The molecule has 1 fully saturated rings. The Hall–Kier alpha value is -1.96. The molecule has 1 heterocycles. The lowest BCUT2D eigenvalue weighted by Gasteiger charge is -2.35. The molecule has 1 aliphatic heterocycles. The monoisotopic (exact) mass is 424 g/mol. The average molecular weight is 425 g/mol. The number of carbonyl (C=O) groups excluding carboxylic acids is 1. The molecule has 2 aromatic carbocycles. The Bertz CT molecular complexity index is 973. The van der Waals surface area contributed by atoms with Crippen molar-refractivity contribution < 1.29 is 17.6 Å². The Kier molecular flexibility index (Phi) is 6.37. The SMILES string of the molecule is CS(=O)(=O)Cc1cccc(C(=O)N2CCN(Cc3ccc(F)cc3Cl)CC2)c1. The van der Waals surface area contributed by atoms with Gasteiger partial charge in [-0.25, -0.2) is 12.8 Å². The predicted octanol–water partition coefficient (Wildman–Crippen LogP) is 2.98. The fourth-order valence-corrected chi connectivity index (χ4v) is 4.29. The summed E-state index contributed by atoms with van der Waals surface area (Å²) in [4.78, 5) is 16.7. The molecule has 0 atom stereocenters. The van der Waals surface area contributed by atoms with Gasteiger partial charge < -0.3 is 4.90 Å². The summed E-state index contributed by atoms with van der Waals surface area (Å²) in [5.41, 5.74) is 1.96. The molecule has 0 bridgehead atoms. The molecular formula is C20H22ClFN2O3S. The Balaban J connectivity index is 1.60. The van der Waals surface area contributed by atoms with E-state index in [1.807, 2.05) is 0 Å². The third-order valence-corrected chi connectivity index (χ3v) is 5.88.